The summed E-state index contributed by atoms with van der Waals surface area (Å²) >= 11 is 0. The first-order valence-corrected chi connectivity index (χ1v) is 10.7. The number of hydrogen-bond acceptors (Lipinski definition) is 4. The van der Waals surface area contributed by atoms with Gasteiger partial charge in [0.05, 0.1) is 11.6 Å². The van der Waals surface area contributed by atoms with Crippen molar-refractivity contribution in [3.63, 3.8) is 0 Å². The normalized spacial score (nSPS) is 18.4. The molecule has 2 amide bonds. The van der Waals surface area contributed by atoms with E-state index in [0.29, 0.717) is 36.9 Å². The number of carbonyl (C=O) groups is 2. The zero-order valence-electron chi connectivity index (χ0n) is 18.2. The van der Waals surface area contributed by atoms with E-state index >= 15 is 0 Å². The Morgan fingerprint density at radius 1 is 1.20 bits per heavy atom. The number of ether oxygens (including phenoxy) is 1. The Bertz CT molecular complexity index is 835. The maximum Gasteiger partial charge on any atom is 0.257 e. The van der Waals surface area contributed by atoms with E-state index in [0.717, 1.165) is 19.3 Å². The van der Waals surface area contributed by atoms with Gasteiger partial charge in [0.25, 0.3) is 5.91 Å². The van der Waals surface area contributed by atoms with E-state index in [2.05, 4.69) is 18.9 Å². The van der Waals surface area contributed by atoms with Crippen LogP contribution in [-0.2, 0) is 11.3 Å². The van der Waals surface area contributed by atoms with Gasteiger partial charge in [-0.05, 0) is 43.4 Å². The molecule has 162 valence electrons. The standard InChI is InChI=1S/C23H32N4O3/c1-18(2)15-19-17-30-21-10-5-4-9-20(21)23(29)25(3)12-6-7-14-27(19)22(28)16-26-13-8-11-24-26/h4-5,8-11,13,18-19H,6-7,12,14-17H2,1-3H3/t19-/m0/s1. The monoisotopic (exact) mass is 412 g/mol. The van der Waals surface area contributed by atoms with Crippen LogP contribution >= 0.6 is 0 Å². The number of hydrogen-bond donors (Lipinski definition) is 0. The van der Waals surface area contributed by atoms with Crippen molar-refractivity contribution in [2.24, 2.45) is 5.92 Å². The number of benzene rings is 1. The van der Waals surface area contributed by atoms with E-state index in [1.807, 2.05) is 36.2 Å². The molecule has 30 heavy (non-hydrogen) atoms. The summed E-state index contributed by atoms with van der Waals surface area (Å²) in [4.78, 5) is 29.7. The van der Waals surface area contributed by atoms with Crippen LogP contribution in [0.25, 0.3) is 0 Å². The summed E-state index contributed by atoms with van der Waals surface area (Å²) in [5, 5.41) is 4.18. The first kappa shape index (κ1) is 21.9. The fraction of sp³-hybridized carbons (Fsp3) is 0.522. The van der Waals surface area contributed by atoms with Gasteiger partial charge in [0, 0.05) is 32.5 Å². The molecular formula is C23H32N4O3. The number of aromatic nitrogens is 2. The summed E-state index contributed by atoms with van der Waals surface area (Å²) in [6, 6.07) is 9.12. The van der Waals surface area contributed by atoms with E-state index in [9.17, 15) is 9.59 Å². The van der Waals surface area contributed by atoms with Gasteiger partial charge >= 0.3 is 0 Å². The summed E-state index contributed by atoms with van der Waals surface area (Å²) in [7, 11) is 1.81. The predicted molar refractivity (Wildman–Crippen MR) is 115 cm³/mol. The fourth-order valence-electron chi connectivity index (χ4n) is 3.86. The zero-order chi connectivity index (χ0) is 21.5. The maximum atomic E-state index is 13.2. The molecule has 0 radical (unpaired) electrons. The molecular weight excluding hydrogens is 380 g/mol. The van der Waals surface area contributed by atoms with Crippen molar-refractivity contribution >= 4 is 11.8 Å². The van der Waals surface area contributed by atoms with Gasteiger partial charge in [-0.2, -0.15) is 5.10 Å². The average Bonchev–Trinajstić information content (AvgIpc) is 3.22. The van der Waals surface area contributed by atoms with Crippen molar-refractivity contribution in [1.29, 1.82) is 0 Å². The Balaban J connectivity index is 1.86. The predicted octanol–water partition coefficient (Wildman–Crippen LogP) is 3.07. The molecule has 0 aliphatic carbocycles. The first-order valence-electron chi connectivity index (χ1n) is 10.7. The summed E-state index contributed by atoms with van der Waals surface area (Å²) in [6.07, 6.45) is 5.99. The topological polar surface area (TPSA) is 67.7 Å². The largest absolute Gasteiger partial charge is 0.491 e. The van der Waals surface area contributed by atoms with Crippen LogP contribution in [0, 0.1) is 5.92 Å². The minimum absolute atomic E-state index is 0.0294. The van der Waals surface area contributed by atoms with Gasteiger partial charge in [-0.1, -0.05) is 26.0 Å². The fourth-order valence-corrected chi connectivity index (χ4v) is 3.86. The summed E-state index contributed by atoms with van der Waals surface area (Å²) in [5.41, 5.74) is 0.568. The molecule has 0 saturated carbocycles. The van der Waals surface area contributed by atoms with Crippen LogP contribution in [0.2, 0.25) is 0 Å². The Kier molecular flexibility index (Phi) is 7.49. The highest BCUT2D eigenvalue weighted by Gasteiger charge is 2.27. The first-order chi connectivity index (χ1) is 14.5. The molecule has 0 saturated heterocycles. The lowest BCUT2D eigenvalue weighted by Crippen LogP contribution is -2.46. The SMILES string of the molecule is CC(C)C[C@H]1COc2ccccc2C(=O)N(C)CCCCN1C(=O)Cn1cccn1. The minimum atomic E-state index is -0.0617. The third kappa shape index (κ3) is 5.62. The average molecular weight is 413 g/mol. The third-order valence-corrected chi connectivity index (χ3v) is 5.40. The lowest BCUT2D eigenvalue weighted by Gasteiger charge is -2.34. The molecule has 3 rings (SSSR count). The van der Waals surface area contributed by atoms with Crippen molar-refractivity contribution in [3.05, 3.63) is 48.3 Å². The van der Waals surface area contributed by atoms with Crippen LogP contribution in [0.4, 0.5) is 0 Å². The molecule has 1 aliphatic heterocycles. The van der Waals surface area contributed by atoms with E-state index in [4.69, 9.17) is 4.74 Å². The zero-order valence-corrected chi connectivity index (χ0v) is 18.2. The molecule has 0 spiro atoms. The van der Waals surface area contributed by atoms with Crippen LogP contribution in [-0.4, -0.2) is 64.2 Å². The molecule has 7 nitrogen and oxygen atoms in total. The number of nitrogens with zero attached hydrogens (tertiary/aromatic N) is 4. The van der Waals surface area contributed by atoms with Crippen molar-refractivity contribution in [2.45, 2.75) is 45.7 Å². The molecule has 0 N–H and O–H groups in total. The van der Waals surface area contributed by atoms with Gasteiger partial charge in [-0.3, -0.25) is 14.3 Å². The highest BCUT2D eigenvalue weighted by atomic mass is 16.5. The number of rotatable bonds is 4. The molecule has 0 bridgehead atoms. The van der Waals surface area contributed by atoms with Crippen molar-refractivity contribution < 1.29 is 14.3 Å². The molecule has 2 heterocycles. The molecule has 2 aromatic rings. The quantitative estimate of drug-likeness (QED) is 0.774. The third-order valence-electron chi connectivity index (χ3n) is 5.40. The van der Waals surface area contributed by atoms with Gasteiger partial charge < -0.3 is 14.5 Å². The number of amides is 2. The van der Waals surface area contributed by atoms with Crippen LogP contribution in [0.3, 0.4) is 0 Å². The lowest BCUT2D eigenvalue weighted by atomic mass is 10.0. The minimum Gasteiger partial charge on any atom is -0.491 e. The van der Waals surface area contributed by atoms with E-state index < -0.39 is 0 Å². The molecule has 7 heteroatoms. The maximum absolute atomic E-state index is 13.2. The van der Waals surface area contributed by atoms with Crippen LogP contribution in [0.1, 0.15) is 43.5 Å². The van der Waals surface area contributed by atoms with Crippen molar-refractivity contribution in [2.75, 3.05) is 26.7 Å². The summed E-state index contributed by atoms with van der Waals surface area (Å²) in [6.45, 7) is 6.17. The van der Waals surface area contributed by atoms with Crippen LogP contribution in [0.15, 0.2) is 42.7 Å². The Morgan fingerprint density at radius 3 is 2.70 bits per heavy atom. The van der Waals surface area contributed by atoms with Crippen LogP contribution < -0.4 is 4.74 Å². The molecule has 1 aliphatic rings. The molecule has 1 aromatic carbocycles. The summed E-state index contributed by atoms with van der Waals surface area (Å²) in [5.74, 6) is 0.999. The Labute approximate surface area is 178 Å². The van der Waals surface area contributed by atoms with E-state index in [-0.39, 0.29) is 24.4 Å². The second-order valence-corrected chi connectivity index (χ2v) is 8.32. The van der Waals surface area contributed by atoms with Crippen LogP contribution in [0.5, 0.6) is 5.75 Å². The highest BCUT2D eigenvalue weighted by molar-refractivity contribution is 5.96. The molecule has 0 fully saturated rings. The van der Waals surface area contributed by atoms with Gasteiger partial charge in [0.1, 0.15) is 18.9 Å². The van der Waals surface area contributed by atoms with Crippen molar-refractivity contribution in [3.8, 4) is 5.75 Å². The van der Waals surface area contributed by atoms with E-state index in [1.54, 1.807) is 28.0 Å². The lowest BCUT2D eigenvalue weighted by molar-refractivity contribution is -0.135. The van der Waals surface area contributed by atoms with Gasteiger partial charge in [0.2, 0.25) is 5.91 Å². The molecule has 1 atom stereocenters. The van der Waals surface area contributed by atoms with Crippen molar-refractivity contribution in [1.82, 2.24) is 19.6 Å². The second kappa shape index (κ2) is 10.3. The summed E-state index contributed by atoms with van der Waals surface area (Å²) < 4.78 is 7.80. The number of fused-ring (bicyclic) bond motifs is 1. The Morgan fingerprint density at radius 2 is 1.97 bits per heavy atom. The van der Waals surface area contributed by atoms with E-state index in [1.165, 1.54) is 0 Å². The molecule has 0 unspecified atom stereocenters. The number of para-hydroxylation sites is 1. The molecule has 1 aromatic heterocycles. The number of carbonyl (C=O) groups excluding carboxylic acids is 2. The highest BCUT2D eigenvalue weighted by Crippen LogP contribution is 2.23. The Hall–Kier alpha value is -2.83. The van der Waals surface area contributed by atoms with Gasteiger partial charge in [-0.25, -0.2) is 0 Å². The second-order valence-electron chi connectivity index (χ2n) is 8.32. The van der Waals surface area contributed by atoms with Gasteiger partial charge in [-0.15, -0.1) is 0 Å². The van der Waals surface area contributed by atoms with Gasteiger partial charge in [0.15, 0.2) is 0 Å². The smallest absolute Gasteiger partial charge is 0.257 e.